The molecule has 1 N–H and O–H groups in total. The quantitative estimate of drug-likeness (QED) is 0.346. The van der Waals surface area contributed by atoms with Crippen molar-refractivity contribution >= 4 is 10.1 Å². The van der Waals surface area contributed by atoms with Crippen LogP contribution in [0.4, 0.5) is 0 Å². The van der Waals surface area contributed by atoms with Crippen molar-refractivity contribution in [1.82, 2.24) is 0 Å². The number of hydrogen-bond acceptors (Lipinski definition) is 4. The minimum absolute atomic E-state index is 0. The molecule has 148 valence electrons. The van der Waals surface area contributed by atoms with E-state index in [4.69, 9.17) is 4.74 Å². The summed E-state index contributed by atoms with van der Waals surface area (Å²) in [5.41, 5.74) is 0.658. The fourth-order valence-electron chi connectivity index (χ4n) is 2.98. The van der Waals surface area contributed by atoms with E-state index in [1.54, 1.807) is 18.2 Å². The van der Waals surface area contributed by atoms with Crippen molar-refractivity contribution in [3.63, 3.8) is 0 Å². The Bertz CT molecular complexity index is 836. The number of aryl methyl sites for hydroxylation is 1. The van der Waals surface area contributed by atoms with Crippen LogP contribution in [0.15, 0.2) is 47.4 Å². The molecule has 0 unspecified atom stereocenters. The number of benzene rings is 2. The fraction of sp³-hybridized carbons (Fsp3) is 0.429. The van der Waals surface area contributed by atoms with Crippen molar-refractivity contribution in [1.29, 1.82) is 0 Å². The predicted octanol–water partition coefficient (Wildman–Crippen LogP) is 2.10. The van der Waals surface area contributed by atoms with Crippen LogP contribution in [-0.4, -0.2) is 13.0 Å². The molecule has 2 aromatic carbocycles. The maximum absolute atomic E-state index is 12.6. The van der Waals surface area contributed by atoms with Crippen molar-refractivity contribution in [3.8, 4) is 17.2 Å². The summed E-state index contributed by atoms with van der Waals surface area (Å²) in [5.74, 6) is -0.245. The van der Waals surface area contributed by atoms with Gasteiger partial charge in [-0.3, -0.25) is 4.55 Å². The molecule has 0 radical (unpaired) electrons. The van der Waals surface area contributed by atoms with E-state index in [0.717, 1.165) is 12.8 Å². The van der Waals surface area contributed by atoms with Crippen LogP contribution in [0, 0.1) is 0 Å². The van der Waals surface area contributed by atoms with Gasteiger partial charge in [-0.05, 0) is 31.0 Å². The van der Waals surface area contributed by atoms with Gasteiger partial charge in [-0.15, -0.1) is 0 Å². The molecule has 0 aromatic heterocycles. The van der Waals surface area contributed by atoms with Crippen LogP contribution < -0.4 is 39.4 Å². The van der Waals surface area contributed by atoms with Crippen LogP contribution >= 0.6 is 0 Å². The minimum atomic E-state index is -4.43. The molecular formula is C21H27NaO5S. The van der Waals surface area contributed by atoms with Gasteiger partial charge in [0.15, 0.2) is 0 Å². The van der Waals surface area contributed by atoms with E-state index in [2.05, 4.69) is 6.92 Å². The van der Waals surface area contributed by atoms with Crippen molar-refractivity contribution in [3.05, 3.63) is 48.0 Å². The van der Waals surface area contributed by atoms with Crippen LogP contribution in [0.2, 0.25) is 0 Å². The average molecular weight is 414 g/mol. The van der Waals surface area contributed by atoms with Crippen molar-refractivity contribution < 1.29 is 52.4 Å². The molecule has 0 aliphatic heterocycles. The Labute approximate surface area is 190 Å². The first-order valence-corrected chi connectivity index (χ1v) is 10.9. The summed E-state index contributed by atoms with van der Waals surface area (Å²) in [6.45, 7) is 2.19. The second-order valence-electron chi connectivity index (χ2n) is 6.64. The largest absolute Gasteiger partial charge is 1.00 e. The van der Waals surface area contributed by atoms with Gasteiger partial charge >= 0.3 is 29.6 Å². The Morgan fingerprint density at radius 1 is 0.893 bits per heavy atom. The average Bonchev–Trinajstić information content (AvgIpc) is 2.63. The topological polar surface area (TPSA) is 86.7 Å². The van der Waals surface area contributed by atoms with Gasteiger partial charge < -0.3 is 9.84 Å². The molecule has 2 aromatic rings. The summed E-state index contributed by atoms with van der Waals surface area (Å²) in [6.07, 6.45) is 8.86. The zero-order chi connectivity index (χ0) is 19.7. The van der Waals surface area contributed by atoms with Crippen molar-refractivity contribution in [2.24, 2.45) is 0 Å². The number of para-hydroxylation sites is 2. The Hall–Kier alpha value is -1.05. The van der Waals surface area contributed by atoms with Gasteiger partial charge in [-0.25, -0.2) is 0 Å². The third-order valence-electron chi connectivity index (χ3n) is 4.46. The van der Waals surface area contributed by atoms with E-state index in [1.165, 1.54) is 56.4 Å². The molecule has 0 aliphatic carbocycles. The Morgan fingerprint density at radius 2 is 1.50 bits per heavy atom. The summed E-state index contributed by atoms with van der Waals surface area (Å²) < 4.78 is 37.8. The Balaban J connectivity index is 0.00000392. The molecular weight excluding hydrogens is 387 g/mol. The maximum atomic E-state index is 12.6. The van der Waals surface area contributed by atoms with E-state index in [-0.39, 0.29) is 51.7 Å². The van der Waals surface area contributed by atoms with Gasteiger partial charge in [0.25, 0.3) is 10.1 Å². The smallest absolute Gasteiger partial charge is 0.870 e. The summed E-state index contributed by atoms with van der Waals surface area (Å²) in [6, 6.07) is 10.7. The fourth-order valence-corrected chi connectivity index (χ4v) is 3.59. The summed E-state index contributed by atoms with van der Waals surface area (Å²) in [4.78, 5) is -0.359. The molecule has 28 heavy (non-hydrogen) atoms. The third kappa shape index (κ3) is 7.76. The zero-order valence-electron chi connectivity index (χ0n) is 16.7. The zero-order valence-corrected chi connectivity index (χ0v) is 19.5. The Morgan fingerprint density at radius 3 is 2.18 bits per heavy atom. The molecule has 0 atom stereocenters. The number of ether oxygens (including phenoxy) is 1. The molecule has 0 saturated heterocycles. The normalized spacial score (nSPS) is 11.1. The molecule has 0 spiro atoms. The van der Waals surface area contributed by atoms with Crippen LogP contribution in [0.1, 0.15) is 57.4 Å². The first-order chi connectivity index (χ1) is 12.9. The molecule has 5 nitrogen and oxygen atoms in total. The second-order valence-corrected chi connectivity index (χ2v) is 8.03. The molecule has 0 heterocycles. The van der Waals surface area contributed by atoms with Crippen molar-refractivity contribution in [2.45, 2.75) is 63.2 Å². The van der Waals surface area contributed by atoms with Crippen LogP contribution in [0.5, 0.6) is 17.2 Å². The van der Waals surface area contributed by atoms with Gasteiger partial charge in [0.1, 0.15) is 16.4 Å². The van der Waals surface area contributed by atoms with E-state index in [0.29, 0.717) is 12.0 Å². The molecule has 2 rings (SSSR count). The van der Waals surface area contributed by atoms with E-state index in [1.807, 2.05) is 0 Å². The maximum Gasteiger partial charge on any atom is 1.00 e. The molecule has 0 saturated carbocycles. The van der Waals surface area contributed by atoms with Crippen LogP contribution in [0.25, 0.3) is 0 Å². The monoisotopic (exact) mass is 414 g/mol. The van der Waals surface area contributed by atoms with Crippen LogP contribution in [-0.2, 0) is 16.5 Å². The second kappa shape index (κ2) is 12.5. The first-order valence-electron chi connectivity index (χ1n) is 9.46. The molecule has 0 bridgehead atoms. The Kier molecular flexibility index (Phi) is 11.2. The summed E-state index contributed by atoms with van der Waals surface area (Å²) in [5, 5.41) is 12.6. The van der Waals surface area contributed by atoms with Gasteiger partial charge in [0, 0.05) is 0 Å². The number of unbranched alkanes of at least 4 members (excludes halogenated alkanes) is 6. The predicted molar refractivity (Wildman–Crippen MR) is 104 cm³/mol. The molecule has 0 amide bonds. The van der Waals surface area contributed by atoms with Crippen LogP contribution in [0.3, 0.4) is 0 Å². The third-order valence-corrected chi connectivity index (χ3v) is 5.35. The van der Waals surface area contributed by atoms with E-state index in [9.17, 15) is 18.1 Å². The SMILES string of the molecule is CCCCCCCCCc1cccc(Oc2ccccc2S(=O)(=O)O)c1[O-].[Na+]. The first kappa shape index (κ1) is 25.0. The molecule has 7 heteroatoms. The van der Waals surface area contributed by atoms with Gasteiger partial charge in [0.05, 0.1) is 0 Å². The molecule has 0 aliphatic rings. The summed E-state index contributed by atoms with van der Waals surface area (Å²) in [7, 11) is -4.43. The van der Waals surface area contributed by atoms with Gasteiger partial charge in [0.2, 0.25) is 0 Å². The van der Waals surface area contributed by atoms with E-state index >= 15 is 0 Å². The molecule has 0 fully saturated rings. The van der Waals surface area contributed by atoms with Gasteiger partial charge in [-0.2, -0.15) is 8.42 Å². The minimum Gasteiger partial charge on any atom is -0.870 e. The standard InChI is InChI=1S/C21H28O5S.Na/c1-2-3-4-5-6-7-8-12-17-13-11-15-19(21(17)22)26-18-14-9-10-16-20(18)27(23,24)25;/h9-11,13-16,22H,2-8,12H2,1H3,(H,23,24,25);/q;+1/p-1. The summed E-state index contributed by atoms with van der Waals surface area (Å²) >= 11 is 0. The van der Waals surface area contributed by atoms with Gasteiger partial charge in [-0.1, -0.05) is 81.0 Å². The van der Waals surface area contributed by atoms with E-state index < -0.39 is 10.1 Å². The number of hydrogen-bond donors (Lipinski definition) is 1. The van der Waals surface area contributed by atoms with Crippen molar-refractivity contribution in [2.75, 3.05) is 0 Å². The number of rotatable bonds is 11.